The predicted octanol–water partition coefficient (Wildman–Crippen LogP) is 9.19. The Bertz CT molecular complexity index is 1560. The Morgan fingerprint density at radius 1 is 1.00 bits per heavy atom. The summed E-state index contributed by atoms with van der Waals surface area (Å²) >= 11 is 1.30. The number of aromatic nitrogens is 1. The first-order chi connectivity index (χ1) is 23.9. The molecule has 1 aliphatic carbocycles. The standard InChI is InChI=1S/C39H52F2N2O5SSi/c1-50(2,3)23-21-48-38(47)16-10-11-20-43(36(44)28-49-22-19-37(45)46)39(30-14-8-5-9-15-30)35-24-31(33-25-32(40)17-18-34(33)41)27-42(35)26-29-12-6-4-7-13-29/h4,6-7,12-13,17-18,24-25,27,30,39H,5,8-11,14-16,19-23,26,28H2,1-3H3,(H,45,46)/t39-/m1/s1. The van der Waals surface area contributed by atoms with Crippen molar-refractivity contribution in [2.45, 2.75) is 96.1 Å². The van der Waals surface area contributed by atoms with Crippen LogP contribution >= 0.6 is 11.8 Å². The van der Waals surface area contributed by atoms with Crippen molar-refractivity contribution in [3.8, 4) is 11.1 Å². The van der Waals surface area contributed by atoms with E-state index in [1.54, 1.807) is 0 Å². The van der Waals surface area contributed by atoms with Gasteiger partial charge in [0.05, 0.1) is 24.8 Å². The fraction of sp³-hybridized carbons (Fsp3) is 0.513. The number of carboxylic acids is 1. The summed E-state index contributed by atoms with van der Waals surface area (Å²) in [7, 11) is -1.32. The average molecular weight is 727 g/mol. The first-order valence-corrected chi connectivity index (χ1v) is 22.7. The maximum atomic E-state index is 15.2. The molecule has 1 N–H and O–H groups in total. The minimum Gasteiger partial charge on any atom is -0.481 e. The van der Waals surface area contributed by atoms with Gasteiger partial charge < -0.3 is 19.3 Å². The Balaban J connectivity index is 1.68. The Labute approximate surface area is 300 Å². The van der Waals surface area contributed by atoms with Crippen molar-refractivity contribution < 1.29 is 33.0 Å². The molecule has 2 aromatic carbocycles. The van der Waals surface area contributed by atoms with E-state index in [9.17, 15) is 18.8 Å². The summed E-state index contributed by atoms with van der Waals surface area (Å²) in [5.74, 6) is -1.71. The summed E-state index contributed by atoms with van der Waals surface area (Å²) in [4.78, 5) is 39.8. The molecule has 0 unspecified atom stereocenters. The van der Waals surface area contributed by atoms with Crippen molar-refractivity contribution in [3.63, 3.8) is 0 Å². The monoisotopic (exact) mass is 726 g/mol. The number of carbonyl (C=O) groups excluding carboxylic acids is 2. The highest BCUT2D eigenvalue weighted by Crippen LogP contribution is 2.41. The molecular formula is C39H52F2N2O5SSi. The first-order valence-electron chi connectivity index (χ1n) is 17.9. The Kier molecular flexibility index (Phi) is 15.1. The van der Waals surface area contributed by atoms with Crippen LogP contribution in [-0.4, -0.2) is 65.2 Å². The van der Waals surface area contributed by atoms with E-state index in [-0.39, 0.29) is 48.0 Å². The summed E-state index contributed by atoms with van der Waals surface area (Å²) in [5.41, 5.74) is 2.59. The maximum absolute atomic E-state index is 15.2. The summed E-state index contributed by atoms with van der Waals surface area (Å²) in [6.07, 6.45) is 8.26. The number of thioether (sulfide) groups is 1. The summed E-state index contributed by atoms with van der Waals surface area (Å²) in [6.45, 7) is 8.04. The number of aliphatic carboxylic acids is 1. The van der Waals surface area contributed by atoms with E-state index in [4.69, 9.17) is 9.84 Å². The Morgan fingerprint density at radius 2 is 1.74 bits per heavy atom. The van der Waals surface area contributed by atoms with Gasteiger partial charge in [-0.15, -0.1) is 0 Å². The van der Waals surface area contributed by atoms with Crippen LogP contribution in [0.15, 0.2) is 60.8 Å². The molecule has 1 amide bonds. The molecule has 1 atom stereocenters. The molecule has 50 heavy (non-hydrogen) atoms. The fourth-order valence-corrected chi connectivity index (χ4v) is 8.10. The first kappa shape index (κ1) is 39.3. The topological polar surface area (TPSA) is 88.8 Å². The fourth-order valence-electron chi connectivity index (χ4n) is 6.58. The molecule has 7 nitrogen and oxygen atoms in total. The molecule has 1 heterocycles. The number of unbranched alkanes of at least 4 members (excludes halogenated alkanes) is 1. The van der Waals surface area contributed by atoms with Crippen molar-refractivity contribution in [2.24, 2.45) is 5.92 Å². The summed E-state index contributed by atoms with van der Waals surface area (Å²) < 4.78 is 37.2. The second-order valence-electron chi connectivity index (χ2n) is 14.5. The van der Waals surface area contributed by atoms with Gasteiger partial charge in [-0.3, -0.25) is 14.4 Å². The van der Waals surface area contributed by atoms with E-state index in [1.807, 2.05) is 47.5 Å². The zero-order valence-electron chi connectivity index (χ0n) is 29.7. The zero-order chi connectivity index (χ0) is 36.1. The quantitative estimate of drug-likeness (QED) is 0.0753. The number of hydrogen-bond acceptors (Lipinski definition) is 5. The van der Waals surface area contributed by atoms with E-state index in [1.165, 1.54) is 17.8 Å². The molecule has 272 valence electrons. The van der Waals surface area contributed by atoms with Gasteiger partial charge in [0.2, 0.25) is 5.91 Å². The van der Waals surface area contributed by atoms with Gasteiger partial charge in [-0.05, 0) is 67.5 Å². The minimum atomic E-state index is -1.32. The van der Waals surface area contributed by atoms with Crippen LogP contribution in [0.1, 0.15) is 75.1 Å². The van der Waals surface area contributed by atoms with Crippen molar-refractivity contribution in [2.75, 3.05) is 24.7 Å². The second-order valence-corrected chi connectivity index (χ2v) is 21.2. The number of esters is 1. The van der Waals surface area contributed by atoms with E-state index >= 15 is 4.39 Å². The predicted molar refractivity (Wildman–Crippen MR) is 199 cm³/mol. The molecule has 1 fully saturated rings. The number of benzene rings is 2. The van der Waals surface area contributed by atoms with Crippen LogP contribution in [0, 0.1) is 17.6 Å². The van der Waals surface area contributed by atoms with Crippen molar-refractivity contribution >= 4 is 37.7 Å². The molecule has 0 radical (unpaired) electrons. The lowest BCUT2D eigenvalue weighted by Crippen LogP contribution is -2.42. The number of hydrogen-bond donors (Lipinski definition) is 1. The smallest absolute Gasteiger partial charge is 0.305 e. The summed E-state index contributed by atoms with van der Waals surface area (Å²) in [5, 5.41) is 9.16. The van der Waals surface area contributed by atoms with Crippen LogP contribution in [0.4, 0.5) is 8.78 Å². The molecule has 0 bridgehead atoms. The van der Waals surface area contributed by atoms with E-state index < -0.39 is 25.7 Å². The lowest BCUT2D eigenvalue weighted by atomic mass is 9.81. The molecular weight excluding hydrogens is 675 g/mol. The third-order valence-electron chi connectivity index (χ3n) is 9.25. The van der Waals surface area contributed by atoms with E-state index in [0.29, 0.717) is 43.9 Å². The number of nitrogens with zero attached hydrogens (tertiary/aromatic N) is 2. The SMILES string of the molecule is C[Si](C)(C)CCOC(=O)CCCCN(C(=O)CSCCC(=O)O)[C@@H](c1cc(-c2cc(F)ccc2F)cn1Cc1ccccc1)C1CCCCC1. The normalized spacial score (nSPS) is 14.3. The Hall–Kier alpha value is -3.44. The van der Waals surface area contributed by atoms with Gasteiger partial charge in [0, 0.05) is 56.4 Å². The number of ether oxygens (including phenoxy) is 1. The van der Waals surface area contributed by atoms with Crippen LogP contribution in [0.5, 0.6) is 0 Å². The molecule has 0 aliphatic heterocycles. The highest BCUT2D eigenvalue weighted by Gasteiger charge is 2.35. The van der Waals surface area contributed by atoms with Gasteiger partial charge in [0.25, 0.3) is 0 Å². The lowest BCUT2D eigenvalue weighted by molar-refractivity contribution is -0.143. The maximum Gasteiger partial charge on any atom is 0.305 e. The van der Waals surface area contributed by atoms with Crippen molar-refractivity contribution in [1.29, 1.82) is 0 Å². The second kappa shape index (κ2) is 19.2. The summed E-state index contributed by atoms with van der Waals surface area (Å²) in [6, 6.07) is 15.8. The van der Waals surface area contributed by atoms with Crippen molar-refractivity contribution in [1.82, 2.24) is 9.47 Å². The van der Waals surface area contributed by atoms with Crippen LogP contribution in [0.3, 0.4) is 0 Å². The number of carbonyl (C=O) groups is 3. The number of carboxylic acid groups (broad SMARTS) is 1. The van der Waals surface area contributed by atoms with E-state index in [2.05, 4.69) is 24.2 Å². The highest BCUT2D eigenvalue weighted by molar-refractivity contribution is 7.99. The molecule has 3 aromatic rings. The van der Waals surface area contributed by atoms with Crippen LogP contribution < -0.4 is 0 Å². The Morgan fingerprint density at radius 3 is 2.44 bits per heavy atom. The minimum absolute atomic E-state index is 0.0354. The highest BCUT2D eigenvalue weighted by atomic mass is 32.2. The molecule has 0 saturated heterocycles. The van der Waals surface area contributed by atoms with Gasteiger partial charge in [-0.25, -0.2) is 8.78 Å². The lowest BCUT2D eigenvalue weighted by Gasteiger charge is -2.40. The average Bonchev–Trinajstić information content (AvgIpc) is 3.48. The molecule has 1 saturated carbocycles. The third-order valence-corrected chi connectivity index (χ3v) is 11.9. The molecule has 1 aromatic heterocycles. The van der Waals surface area contributed by atoms with Crippen LogP contribution in [-0.2, 0) is 25.7 Å². The molecule has 1 aliphatic rings. The van der Waals surface area contributed by atoms with Gasteiger partial charge in [-0.2, -0.15) is 11.8 Å². The largest absolute Gasteiger partial charge is 0.481 e. The van der Waals surface area contributed by atoms with Crippen molar-refractivity contribution in [3.05, 3.63) is 83.7 Å². The van der Waals surface area contributed by atoms with Gasteiger partial charge in [0.15, 0.2) is 0 Å². The zero-order valence-corrected chi connectivity index (χ0v) is 31.5. The molecule has 11 heteroatoms. The van der Waals surface area contributed by atoms with Crippen LogP contribution in [0.25, 0.3) is 11.1 Å². The van der Waals surface area contributed by atoms with Crippen LogP contribution in [0.2, 0.25) is 25.7 Å². The molecule has 4 rings (SSSR count). The number of amides is 1. The third kappa shape index (κ3) is 12.4. The van der Waals surface area contributed by atoms with Gasteiger partial charge in [-0.1, -0.05) is 69.2 Å². The van der Waals surface area contributed by atoms with Gasteiger partial charge in [0.1, 0.15) is 11.6 Å². The number of halogens is 2. The number of rotatable bonds is 19. The van der Waals surface area contributed by atoms with Gasteiger partial charge >= 0.3 is 11.9 Å². The molecule has 0 spiro atoms. The van der Waals surface area contributed by atoms with E-state index in [0.717, 1.165) is 61.5 Å².